The fourth-order valence-corrected chi connectivity index (χ4v) is 2.50. The largest absolute Gasteiger partial charge is 0.495 e. The van der Waals surface area contributed by atoms with Gasteiger partial charge in [-0.3, -0.25) is 0 Å². The smallest absolute Gasteiger partial charge is 0.203 e. The molecule has 2 rings (SSSR count). The van der Waals surface area contributed by atoms with Crippen molar-refractivity contribution in [2.45, 2.75) is 13.0 Å². The van der Waals surface area contributed by atoms with Gasteiger partial charge in [-0.25, -0.2) is 0 Å². The minimum atomic E-state index is -0.701. The number of aliphatic hydroxyl groups excluding tert-OH is 1. The van der Waals surface area contributed by atoms with Crippen molar-refractivity contribution in [3.8, 4) is 34.8 Å². The average Bonchev–Trinajstić information content (AvgIpc) is 2.69. The molecule has 0 bridgehead atoms. The number of ether oxygens (including phenoxy) is 4. The van der Waals surface area contributed by atoms with Crippen LogP contribution in [-0.2, 0) is 0 Å². The number of benzene rings is 2. The highest BCUT2D eigenvalue weighted by Gasteiger charge is 2.12. The van der Waals surface area contributed by atoms with Crippen LogP contribution in [0.1, 0.15) is 23.6 Å². The minimum Gasteiger partial charge on any atom is -0.495 e. The zero-order valence-electron chi connectivity index (χ0n) is 16.2. The average molecular weight is 368 g/mol. The van der Waals surface area contributed by atoms with E-state index < -0.39 is 6.10 Å². The topological polar surface area (TPSA) is 57.2 Å². The van der Waals surface area contributed by atoms with Crippen molar-refractivity contribution in [2.75, 3.05) is 28.4 Å². The van der Waals surface area contributed by atoms with Crippen LogP contribution >= 0.6 is 0 Å². The summed E-state index contributed by atoms with van der Waals surface area (Å²) in [6.07, 6.45) is 3.19. The van der Waals surface area contributed by atoms with Crippen LogP contribution in [0.4, 0.5) is 0 Å². The van der Waals surface area contributed by atoms with Crippen LogP contribution in [0, 0.1) is 11.8 Å². The van der Waals surface area contributed by atoms with Crippen LogP contribution in [0.2, 0.25) is 0 Å². The summed E-state index contributed by atoms with van der Waals surface area (Å²) in [7, 11) is 6.33. The van der Waals surface area contributed by atoms with Gasteiger partial charge in [-0.15, -0.1) is 0 Å². The summed E-state index contributed by atoms with van der Waals surface area (Å²) < 4.78 is 21.4. The van der Waals surface area contributed by atoms with Crippen molar-refractivity contribution in [1.29, 1.82) is 0 Å². The Morgan fingerprint density at radius 3 is 1.93 bits per heavy atom. The number of methoxy groups -OCH3 is 4. The number of rotatable bonds is 6. The van der Waals surface area contributed by atoms with Crippen molar-refractivity contribution >= 4 is 12.2 Å². The SMILES string of the molecule is COc1ccc(/C=C\c2cc(OC)c(OC)c(OC)c2)cc1C#CC(C)O. The second kappa shape index (κ2) is 9.56. The first kappa shape index (κ1) is 20.2. The summed E-state index contributed by atoms with van der Waals surface area (Å²) in [5, 5.41) is 9.38. The van der Waals surface area contributed by atoms with E-state index in [0.717, 1.165) is 11.1 Å². The number of aliphatic hydroxyl groups is 1. The Morgan fingerprint density at radius 2 is 1.41 bits per heavy atom. The molecule has 0 aliphatic heterocycles. The molecule has 0 radical (unpaired) electrons. The Hall–Kier alpha value is -3.10. The molecule has 2 aromatic carbocycles. The molecule has 0 saturated carbocycles. The quantitative estimate of drug-likeness (QED) is 0.623. The third-order valence-corrected chi connectivity index (χ3v) is 3.79. The molecule has 27 heavy (non-hydrogen) atoms. The van der Waals surface area contributed by atoms with Gasteiger partial charge in [0.1, 0.15) is 11.9 Å². The first-order valence-corrected chi connectivity index (χ1v) is 8.38. The zero-order chi connectivity index (χ0) is 19.8. The number of hydrogen-bond donors (Lipinski definition) is 1. The monoisotopic (exact) mass is 368 g/mol. The number of hydrogen-bond acceptors (Lipinski definition) is 5. The van der Waals surface area contributed by atoms with Crippen LogP contribution < -0.4 is 18.9 Å². The van der Waals surface area contributed by atoms with E-state index in [1.165, 1.54) is 0 Å². The predicted octanol–water partition coefficient (Wildman–Crippen LogP) is 3.62. The lowest BCUT2D eigenvalue weighted by Gasteiger charge is -2.12. The molecule has 0 spiro atoms. The van der Waals surface area contributed by atoms with E-state index >= 15 is 0 Å². The Morgan fingerprint density at radius 1 is 0.815 bits per heavy atom. The molecule has 2 aromatic rings. The molecule has 0 saturated heterocycles. The lowest BCUT2D eigenvalue weighted by molar-refractivity contribution is 0.253. The first-order chi connectivity index (χ1) is 13.0. The normalized spacial score (nSPS) is 11.5. The van der Waals surface area contributed by atoms with Crippen LogP contribution in [0.3, 0.4) is 0 Å². The molecular weight excluding hydrogens is 344 g/mol. The molecule has 0 amide bonds. The van der Waals surface area contributed by atoms with Gasteiger partial charge >= 0.3 is 0 Å². The minimum absolute atomic E-state index is 0.553. The molecule has 1 N–H and O–H groups in total. The van der Waals surface area contributed by atoms with Gasteiger partial charge in [0.15, 0.2) is 11.5 Å². The maximum atomic E-state index is 9.38. The summed E-state index contributed by atoms with van der Waals surface area (Å²) in [5.74, 6) is 8.07. The fourth-order valence-electron chi connectivity index (χ4n) is 2.50. The van der Waals surface area contributed by atoms with Gasteiger partial charge < -0.3 is 24.1 Å². The van der Waals surface area contributed by atoms with Crippen LogP contribution in [0.15, 0.2) is 30.3 Å². The van der Waals surface area contributed by atoms with Gasteiger partial charge in [-0.05, 0) is 42.3 Å². The maximum absolute atomic E-state index is 9.38. The van der Waals surface area contributed by atoms with Crippen LogP contribution in [-0.4, -0.2) is 39.6 Å². The van der Waals surface area contributed by atoms with Crippen molar-refractivity contribution < 1.29 is 24.1 Å². The summed E-state index contributed by atoms with van der Waals surface area (Å²) >= 11 is 0. The Bertz CT molecular complexity index is 847. The highest BCUT2D eigenvalue weighted by atomic mass is 16.5. The second-order valence-electron chi connectivity index (χ2n) is 5.70. The lowest BCUT2D eigenvalue weighted by Crippen LogP contribution is -1.95. The summed E-state index contributed by atoms with van der Waals surface area (Å²) in [4.78, 5) is 0. The van der Waals surface area contributed by atoms with Gasteiger partial charge in [0.2, 0.25) is 5.75 Å². The maximum Gasteiger partial charge on any atom is 0.203 e. The highest BCUT2D eigenvalue weighted by Crippen LogP contribution is 2.38. The van der Waals surface area contributed by atoms with E-state index in [2.05, 4.69) is 11.8 Å². The van der Waals surface area contributed by atoms with Gasteiger partial charge in [0.25, 0.3) is 0 Å². The van der Waals surface area contributed by atoms with Gasteiger partial charge in [0, 0.05) is 0 Å². The summed E-state index contributed by atoms with van der Waals surface area (Å²) in [6.45, 7) is 1.62. The molecule has 1 unspecified atom stereocenters. The predicted molar refractivity (Wildman–Crippen MR) is 107 cm³/mol. The molecule has 1 atom stereocenters. The molecule has 0 aliphatic rings. The fraction of sp³-hybridized carbons (Fsp3) is 0.273. The van der Waals surface area contributed by atoms with Crippen LogP contribution in [0.25, 0.3) is 12.2 Å². The van der Waals surface area contributed by atoms with Crippen molar-refractivity contribution in [3.05, 3.63) is 47.0 Å². The van der Waals surface area contributed by atoms with Crippen molar-refractivity contribution in [1.82, 2.24) is 0 Å². The Balaban J connectivity index is 2.38. The van der Waals surface area contributed by atoms with Crippen molar-refractivity contribution in [3.63, 3.8) is 0 Å². The third-order valence-electron chi connectivity index (χ3n) is 3.79. The van der Waals surface area contributed by atoms with E-state index in [-0.39, 0.29) is 0 Å². The Labute approximate surface area is 160 Å². The van der Waals surface area contributed by atoms with E-state index in [9.17, 15) is 5.11 Å². The molecule has 0 heterocycles. The van der Waals surface area contributed by atoms with Crippen molar-refractivity contribution in [2.24, 2.45) is 0 Å². The summed E-state index contributed by atoms with van der Waals surface area (Å²) in [5.41, 5.74) is 2.56. The van der Waals surface area contributed by atoms with Crippen LogP contribution in [0.5, 0.6) is 23.0 Å². The van der Waals surface area contributed by atoms with Gasteiger partial charge in [-0.2, -0.15) is 0 Å². The molecule has 0 aliphatic carbocycles. The molecule has 0 fully saturated rings. The standard InChI is InChI=1S/C22H24O5/c1-15(23)6-10-18-12-16(9-11-19(18)24-2)7-8-17-13-20(25-3)22(27-5)21(14-17)26-4/h7-9,11-15,23H,1-5H3/b8-7-. The molecule has 5 nitrogen and oxygen atoms in total. The Kier molecular flexibility index (Phi) is 7.16. The molecule has 5 heteroatoms. The lowest BCUT2D eigenvalue weighted by atomic mass is 10.1. The van der Waals surface area contributed by atoms with E-state index in [1.807, 2.05) is 42.5 Å². The third kappa shape index (κ3) is 5.19. The van der Waals surface area contributed by atoms with Gasteiger partial charge in [-0.1, -0.05) is 30.1 Å². The van der Waals surface area contributed by atoms with E-state index in [1.54, 1.807) is 35.4 Å². The van der Waals surface area contributed by atoms with E-state index in [4.69, 9.17) is 18.9 Å². The highest BCUT2D eigenvalue weighted by molar-refractivity contribution is 5.73. The van der Waals surface area contributed by atoms with E-state index in [0.29, 0.717) is 28.6 Å². The van der Waals surface area contributed by atoms with Gasteiger partial charge in [0.05, 0.1) is 34.0 Å². The molecular formula is C22H24O5. The summed E-state index contributed by atoms with van der Waals surface area (Å²) in [6, 6.07) is 9.43. The molecule has 0 aromatic heterocycles. The second-order valence-corrected chi connectivity index (χ2v) is 5.70. The first-order valence-electron chi connectivity index (χ1n) is 8.38. The molecule has 142 valence electrons. The zero-order valence-corrected chi connectivity index (χ0v) is 16.2.